The van der Waals surface area contributed by atoms with E-state index in [2.05, 4.69) is 4.98 Å². The first-order valence-electron chi connectivity index (χ1n) is 8.63. The van der Waals surface area contributed by atoms with Gasteiger partial charge in [-0.15, -0.1) is 0 Å². The van der Waals surface area contributed by atoms with Crippen LogP contribution in [0.3, 0.4) is 0 Å². The fourth-order valence-corrected chi connectivity index (χ4v) is 2.73. The van der Waals surface area contributed by atoms with E-state index in [-0.39, 0.29) is 11.6 Å². The molecule has 0 spiro atoms. The zero-order valence-electron chi connectivity index (χ0n) is 15.7. The fraction of sp³-hybridized carbons (Fsp3) is 0.421. The Morgan fingerprint density at radius 1 is 1.15 bits per heavy atom. The highest BCUT2D eigenvalue weighted by molar-refractivity contribution is 6.62. The van der Waals surface area contributed by atoms with Crippen molar-refractivity contribution in [2.45, 2.75) is 51.9 Å². The molecule has 0 bridgehead atoms. The molecule has 1 aliphatic rings. The summed E-state index contributed by atoms with van der Waals surface area (Å²) < 4.78 is 31.9. The zero-order chi connectivity index (χ0) is 19.1. The molecule has 138 valence electrons. The first kappa shape index (κ1) is 18.7. The van der Waals surface area contributed by atoms with Gasteiger partial charge in [0.15, 0.2) is 11.6 Å². The number of halogens is 1. The highest BCUT2D eigenvalue weighted by atomic mass is 19.1. The minimum absolute atomic E-state index is 0.230. The van der Waals surface area contributed by atoms with E-state index >= 15 is 0 Å². The quantitative estimate of drug-likeness (QED) is 0.850. The lowest BCUT2D eigenvalue weighted by Gasteiger charge is -2.32. The minimum Gasteiger partial charge on any atom is -0.482 e. The lowest BCUT2D eigenvalue weighted by atomic mass is 9.80. The maximum absolute atomic E-state index is 14.0. The van der Waals surface area contributed by atoms with Gasteiger partial charge in [-0.25, -0.2) is 9.37 Å². The van der Waals surface area contributed by atoms with E-state index in [1.165, 1.54) is 6.07 Å². The molecule has 1 saturated heterocycles. The molecule has 5 nitrogen and oxygen atoms in total. The molecular weight excluding hydrogens is 334 g/mol. The Balaban J connectivity index is 1.84. The highest BCUT2D eigenvalue weighted by Crippen LogP contribution is 2.37. The van der Waals surface area contributed by atoms with Crippen molar-refractivity contribution in [3.05, 3.63) is 47.9 Å². The number of hydrogen-bond acceptors (Lipinski definition) is 5. The van der Waals surface area contributed by atoms with Crippen LogP contribution in [0.15, 0.2) is 36.5 Å². The number of aromatic nitrogens is 1. The molecule has 2 heterocycles. The Labute approximate surface area is 153 Å². The summed E-state index contributed by atoms with van der Waals surface area (Å²) in [5, 5.41) is 0. The van der Waals surface area contributed by atoms with Crippen molar-refractivity contribution < 1.29 is 18.4 Å². The number of anilines is 1. The maximum atomic E-state index is 14.0. The molecule has 0 saturated carbocycles. The van der Waals surface area contributed by atoms with E-state index in [9.17, 15) is 4.39 Å². The number of hydrogen-bond donors (Lipinski definition) is 1. The van der Waals surface area contributed by atoms with Gasteiger partial charge >= 0.3 is 7.12 Å². The van der Waals surface area contributed by atoms with Gasteiger partial charge in [-0.05, 0) is 46.8 Å². The molecule has 3 rings (SSSR count). The van der Waals surface area contributed by atoms with Gasteiger partial charge in [0, 0.05) is 17.2 Å². The van der Waals surface area contributed by atoms with Crippen molar-refractivity contribution in [3.8, 4) is 5.75 Å². The van der Waals surface area contributed by atoms with Crippen LogP contribution < -0.4 is 15.9 Å². The largest absolute Gasteiger partial charge is 0.496 e. The average molecular weight is 358 g/mol. The summed E-state index contributed by atoms with van der Waals surface area (Å²) in [7, 11) is -0.570. The van der Waals surface area contributed by atoms with Gasteiger partial charge in [0.2, 0.25) is 0 Å². The third-order valence-electron chi connectivity index (χ3n) is 5.08. The first-order chi connectivity index (χ1) is 12.1. The molecule has 2 N–H and O–H groups in total. The third-order valence-corrected chi connectivity index (χ3v) is 5.08. The van der Waals surface area contributed by atoms with Crippen LogP contribution in [0, 0.1) is 5.82 Å². The predicted molar refractivity (Wildman–Crippen MR) is 99.8 cm³/mol. The lowest BCUT2D eigenvalue weighted by Crippen LogP contribution is -2.41. The molecule has 26 heavy (non-hydrogen) atoms. The van der Waals surface area contributed by atoms with E-state index in [0.29, 0.717) is 16.8 Å². The van der Waals surface area contributed by atoms with E-state index in [0.717, 1.165) is 0 Å². The second-order valence-electron chi connectivity index (χ2n) is 7.52. The summed E-state index contributed by atoms with van der Waals surface area (Å²) in [6, 6.07) is 8.22. The number of rotatable bonds is 4. The predicted octanol–water partition coefficient (Wildman–Crippen LogP) is 3.24. The highest BCUT2D eigenvalue weighted by Gasteiger charge is 2.52. The van der Waals surface area contributed by atoms with Crippen LogP contribution in [0.5, 0.6) is 5.75 Å². The fourth-order valence-electron chi connectivity index (χ4n) is 2.73. The van der Waals surface area contributed by atoms with E-state index in [4.69, 9.17) is 19.8 Å². The van der Waals surface area contributed by atoms with Gasteiger partial charge in [-0.2, -0.15) is 0 Å². The Morgan fingerprint density at radius 2 is 1.77 bits per heavy atom. The van der Waals surface area contributed by atoms with Crippen LogP contribution in [0.2, 0.25) is 0 Å². The summed E-state index contributed by atoms with van der Waals surface area (Å²) in [5.74, 6) is 0.273. The molecule has 0 unspecified atom stereocenters. The van der Waals surface area contributed by atoms with Crippen LogP contribution in [0.1, 0.15) is 46.3 Å². The molecule has 0 radical (unpaired) electrons. The van der Waals surface area contributed by atoms with Gasteiger partial charge in [-0.3, -0.25) is 0 Å². The molecule has 1 aromatic carbocycles. The number of ether oxygens (including phenoxy) is 1. The summed E-state index contributed by atoms with van der Waals surface area (Å²) in [6.45, 7) is 9.69. The normalized spacial score (nSPS) is 19.4. The molecule has 7 heteroatoms. The molecule has 1 aliphatic heterocycles. The van der Waals surface area contributed by atoms with Crippen LogP contribution in [0.25, 0.3) is 0 Å². The first-order valence-corrected chi connectivity index (χ1v) is 8.63. The van der Waals surface area contributed by atoms with Crippen molar-refractivity contribution >= 4 is 18.4 Å². The summed E-state index contributed by atoms with van der Waals surface area (Å²) in [5.41, 5.74) is 6.19. The second kappa shape index (κ2) is 6.56. The Hall–Kier alpha value is -2.12. The van der Waals surface area contributed by atoms with Crippen LogP contribution in [0.4, 0.5) is 10.2 Å². The van der Waals surface area contributed by atoms with Gasteiger partial charge in [0.1, 0.15) is 11.9 Å². The van der Waals surface area contributed by atoms with Crippen molar-refractivity contribution in [1.29, 1.82) is 0 Å². The molecule has 1 fully saturated rings. The molecule has 0 aliphatic carbocycles. The monoisotopic (exact) mass is 358 g/mol. The lowest BCUT2D eigenvalue weighted by molar-refractivity contribution is 0.00578. The number of pyridine rings is 1. The molecular formula is C19H24BFN2O3. The number of nitrogens with zero attached hydrogens (tertiary/aromatic N) is 1. The minimum atomic E-state index is -0.570. The number of benzene rings is 1. The van der Waals surface area contributed by atoms with Gasteiger partial charge in [0.05, 0.1) is 11.2 Å². The third kappa shape index (κ3) is 3.41. The smallest absolute Gasteiger partial charge is 0.482 e. The number of nitrogen functional groups attached to an aromatic ring is 1. The van der Waals surface area contributed by atoms with Crippen LogP contribution in [-0.2, 0) is 9.31 Å². The van der Waals surface area contributed by atoms with Crippen molar-refractivity contribution in [1.82, 2.24) is 4.98 Å². The topological polar surface area (TPSA) is 66.6 Å². The second-order valence-corrected chi connectivity index (χ2v) is 7.52. The molecule has 2 aromatic rings. The Bertz CT molecular complexity index is 797. The standard InChI is InChI=1S/C19H24BFN2O3/c1-12(14-8-6-7-9-15(14)21)24-16-10-13(11-23-17(16)22)20-25-18(2,3)19(4,5)26-20/h6-12H,1-5H3,(H2,22,23)/t12-/m0/s1. The summed E-state index contributed by atoms with van der Waals surface area (Å²) >= 11 is 0. The van der Waals surface area contributed by atoms with E-state index in [1.54, 1.807) is 37.4 Å². The van der Waals surface area contributed by atoms with E-state index < -0.39 is 24.4 Å². The SMILES string of the molecule is C[C@H](Oc1cc(B2OC(C)(C)C(C)(C)O2)cnc1N)c1ccccc1F. The average Bonchev–Trinajstić information content (AvgIpc) is 2.78. The summed E-state index contributed by atoms with van der Waals surface area (Å²) in [4.78, 5) is 4.19. The Morgan fingerprint density at radius 3 is 2.38 bits per heavy atom. The van der Waals surface area contributed by atoms with Gasteiger partial charge in [0.25, 0.3) is 0 Å². The van der Waals surface area contributed by atoms with Crippen LogP contribution in [-0.4, -0.2) is 23.3 Å². The van der Waals surface area contributed by atoms with Gasteiger partial charge < -0.3 is 19.8 Å². The van der Waals surface area contributed by atoms with Crippen molar-refractivity contribution in [3.63, 3.8) is 0 Å². The van der Waals surface area contributed by atoms with E-state index in [1.807, 2.05) is 27.7 Å². The molecule has 1 atom stereocenters. The summed E-state index contributed by atoms with van der Waals surface area (Å²) in [6.07, 6.45) is 1.09. The molecule has 0 amide bonds. The van der Waals surface area contributed by atoms with Gasteiger partial charge in [-0.1, -0.05) is 18.2 Å². The number of nitrogens with two attached hydrogens (primary N) is 1. The Kier molecular flexibility index (Phi) is 4.71. The van der Waals surface area contributed by atoms with Crippen molar-refractivity contribution in [2.75, 3.05) is 5.73 Å². The maximum Gasteiger partial charge on any atom is 0.496 e. The van der Waals surface area contributed by atoms with Crippen LogP contribution >= 0.6 is 0 Å². The molecule has 1 aromatic heterocycles. The van der Waals surface area contributed by atoms with Crippen molar-refractivity contribution in [2.24, 2.45) is 0 Å². The zero-order valence-corrected chi connectivity index (χ0v) is 15.7.